The van der Waals surface area contributed by atoms with E-state index in [1.54, 1.807) is 0 Å². The van der Waals surface area contributed by atoms with Crippen molar-refractivity contribution in [2.24, 2.45) is 0 Å². The van der Waals surface area contributed by atoms with Crippen LogP contribution in [0, 0.1) is 0 Å². The monoisotopic (exact) mass is 508 g/mol. The Morgan fingerprint density at radius 3 is 1.61 bits per heavy atom. The molecule has 0 radical (unpaired) electrons. The van der Waals surface area contributed by atoms with E-state index in [-0.39, 0.29) is 95.1 Å². The van der Waals surface area contributed by atoms with E-state index in [4.69, 9.17) is 0 Å². The number of unbranched alkanes of at least 4 members (excludes halogenated alkanes) is 11. The van der Waals surface area contributed by atoms with Gasteiger partial charge in [0.15, 0.2) is 0 Å². The first-order valence-corrected chi connectivity index (χ1v) is 13.0. The molecule has 8 nitrogen and oxygen atoms in total. The van der Waals surface area contributed by atoms with Crippen molar-refractivity contribution in [3.63, 3.8) is 0 Å². The van der Waals surface area contributed by atoms with E-state index < -0.39 is 21.6 Å². The van der Waals surface area contributed by atoms with Crippen LogP contribution in [-0.4, -0.2) is 5.97 Å². The fraction of sp³-hybridized carbons (Fsp3) is 0.833. The maximum absolute atomic E-state index is 11.3. The van der Waals surface area contributed by atoms with Gasteiger partial charge < -0.3 is 23.8 Å². The van der Waals surface area contributed by atoms with Crippen LogP contribution in [0.4, 0.5) is 0 Å². The third-order valence-electron chi connectivity index (χ3n) is 4.06. The second-order valence-corrected chi connectivity index (χ2v) is 9.40. The topological polar surface area (TPSA) is 139 Å². The summed E-state index contributed by atoms with van der Waals surface area (Å²) in [6, 6.07) is 0. The van der Waals surface area contributed by atoms with Crippen molar-refractivity contribution in [2.75, 3.05) is 0 Å². The molecule has 0 saturated carbocycles. The molecule has 0 amide bonds. The molecular weight excluding hydrogens is 475 g/mol. The number of phosphoric acid groups is 2. The van der Waals surface area contributed by atoms with Gasteiger partial charge in [-0.15, -0.1) is 0 Å². The predicted octanol–water partition coefficient (Wildman–Crippen LogP) is -5.11. The largest absolute Gasteiger partial charge is 1.00 e. The van der Waals surface area contributed by atoms with E-state index in [1.807, 2.05) is 0 Å². The first-order valence-electron chi connectivity index (χ1n) is 10.1. The quantitative estimate of drug-likeness (QED) is 0.0776. The molecule has 166 valence electrons. The number of rotatable bonds is 18. The van der Waals surface area contributed by atoms with Gasteiger partial charge in [0.05, 0.1) is 7.82 Å². The molecule has 0 aromatic rings. The van der Waals surface area contributed by atoms with Crippen molar-refractivity contribution in [3.8, 4) is 0 Å². The average molecular weight is 508 g/mol. The van der Waals surface area contributed by atoms with Gasteiger partial charge in [-0.3, -0.25) is 13.7 Å². The Labute approximate surface area is 253 Å². The zero-order valence-electron chi connectivity index (χ0n) is 19.7. The van der Waals surface area contributed by atoms with Gasteiger partial charge in [-0.25, -0.2) is 0 Å². The van der Waals surface area contributed by atoms with E-state index in [9.17, 15) is 28.6 Å². The molecule has 0 aromatic heterocycles. The van der Waals surface area contributed by atoms with Gasteiger partial charge in [-0.2, -0.15) is 0 Å². The minimum absolute atomic E-state index is 0. The summed E-state index contributed by atoms with van der Waals surface area (Å²) in [6.45, 7) is 2.22. The first kappa shape index (κ1) is 40.7. The number of allylic oxidation sites excluding steroid dienone is 2. The van der Waals surface area contributed by atoms with Crippen molar-refractivity contribution < 1.29 is 126 Å². The van der Waals surface area contributed by atoms with Gasteiger partial charge in [-0.1, -0.05) is 70.4 Å². The van der Waals surface area contributed by atoms with Crippen LogP contribution >= 0.6 is 15.6 Å². The fourth-order valence-corrected chi connectivity index (χ4v) is 4.10. The number of phosphoric ester groups is 1. The zero-order valence-corrected chi connectivity index (χ0v) is 27.5. The van der Waals surface area contributed by atoms with Crippen LogP contribution in [0.5, 0.6) is 0 Å². The Morgan fingerprint density at radius 2 is 1.16 bits per heavy atom. The summed E-state index contributed by atoms with van der Waals surface area (Å²) in [5.74, 6) is -1.13. The van der Waals surface area contributed by atoms with Gasteiger partial charge in [-0.05, 0) is 32.1 Å². The average Bonchev–Trinajstić information content (AvgIpc) is 2.55. The van der Waals surface area contributed by atoms with Crippen LogP contribution in [0.2, 0.25) is 0 Å². The molecule has 0 bridgehead atoms. The summed E-state index contributed by atoms with van der Waals surface area (Å²) in [4.78, 5) is 42.7. The molecule has 0 rings (SSSR count). The normalized spacial score (nSPS) is 12.9. The number of hydrogen-bond acceptors (Lipinski definition) is 8. The Balaban J connectivity index is -0.00000121. The Kier molecular flexibility index (Phi) is 33.6. The van der Waals surface area contributed by atoms with Gasteiger partial charge >= 0.3 is 102 Å². The Bertz CT molecular complexity index is 544. The summed E-state index contributed by atoms with van der Waals surface area (Å²) in [5, 5.41) is 0. The standard InChI is InChI=1S/C18H36O8P2.3Na/c1-2-3-4-5-6-7-8-9-10-11-12-13-14-15-16-17-18(19)25-28(23,24)26-27(20,21)22;;;/h9-10H,2-8,11-17H2,1H3,(H,23,24)(H2,20,21,22);;;/q;3*+1/p-3/b10-9-;;;. The molecule has 31 heavy (non-hydrogen) atoms. The summed E-state index contributed by atoms with van der Waals surface area (Å²) >= 11 is 0. The molecule has 1 atom stereocenters. The molecule has 0 aromatic carbocycles. The maximum atomic E-state index is 11.3. The minimum Gasteiger partial charge on any atom is -0.789 e. The number of carbonyl (C=O) groups is 1. The van der Waals surface area contributed by atoms with Crippen LogP contribution in [-0.2, 0) is 22.8 Å². The van der Waals surface area contributed by atoms with E-state index in [0.717, 1.165) is 38.5 Å². The third kappa shape index (κ3) is 32.5. The molecular formula is C18H33Na3O8P2. The second kappa shape index (κ2) is 25.6. The molecule has 13 heteroatoms. The summed E-state index contributed by atoms with van der Waals surface area (Å²) < 4.78 is 28.3. The number of carbonyl (C=O) groups excluding carboxylic acids is 1. The van der Waals surface area contributed by atoms with Crippen LogP contribution in [0.25, 0.3) is 0 Å². The third-order valence-corrected chi connectivity index (χ3v) is 6.08. The molecule has 0 aliphatic heterocycles. The molecule has 0 saturated heterocycles. The molecule has 0 N–H and O–H groups in total. The maximum Gasteiger partial charge on any atom is 1.00 e. The Morgan fingerprint density at radius 1 is 0.742 bits per heavy atom. The van der Waals surface area contributed by atoms with Crippen LogP contribution in [0.1, 0.15) is 96.8 Å². The zero-order chi connectivity index (χ0) is 21.3. The molecule has 0 aliphatic rings. The Hall–Kier alpha value is 2.51. The van der Waals surface area contributed by atoms with E-state index in [2.05, 4.69) is 27.9 Å². The second-order valence-electron chi connectivity index (χ2n) is 6.77. The molecule has 0 heterocycles. The van der Waals surface area contributed by atoms with Crippen molar-refractivity contribution in [2.45, 2.75) is 96.8 Å². The summed E-state index contributed by atoms with van der Waals surface area (Å²) in [5.41, 5.74) is 0. The van der Waals surface area contributed by atoms with Crippen molar-refractivity contribution in [3.05, 3.63) is 12.2 Å². The molecule has 0 fully saturated rings. The van der Waals surface area contributed by atoms with Crippen molar-refractivity contribution in [1.82, 2.24) is 0 Å². The van der Waals surface area contributed by atoms with Crippen LogP contribution in [0.15, 0.2) is 12.2 Å². The van der Waals surface area contributed by atoms with E-state index in [0.29, 0.717) is 6.42 Å². The van der Waals surface area contributed by atoms with Gasteiger partial charge in [0.1, 0.15) is 0 Å². The van der Waals surface area contributed by atoms with Gasteiger partial charge in [0.2, 0.25) is 0 Å². The summed E-state index contributed by atoms with van der Waals surface area (Å²) in [6.07, 6.45) is 18.4. The van der Waals surface area contributed by atoms with Crippen LogP contribution < -0.4 is 103 Å². The fourth-order valence-electron chi connectivity index (χ4n) is 2.65. The number of hydrogen-bond donors (Lipinski definition) is 0. The van der Waals surface area contributed by atoms with Gasteiger partial charge in [0.25, 0.3) is 0 Å². The minimum atomic E-state index is -5.76. The molecule has 0 aliphatic carbocycles. The van der Waals surface area contributed by atoms with E-state index in [1.165, 1.54) is 38.5 Å². The molecule has 1 unspecified atom stereocenters. The van der Waals surface area contributed by atoms with E-state index >= 15 is 0 Å². The predicted molar refractivity (Wildman–Crippen MR) is 102 cm³/mol. The molecule has 0 spiro atoms. The first-order chi connectivity index (χ1) is 13.2. The van der Waals surface area contributed by atoms with Crippen LogP contribution in [0.3, 0.4) is 0 Å². The van der Waals surface area contributed by atoms with Crippen molar-refractivity contribution >= 4 is 21.6 Å². The summed E-state index contributed by atoms with van der Waals surface area (Å²) in [7, 11) is -11.2. The smallest absolute Gasteiger partial charge is 0.789 e. The van der Waals surface area contributed by atoms with Crippen molar-refractivity contribution in [1.29, 1.82) is 0 Å². The van der Waals surface area contributed by atoms with Gasteiger partial charge in [0, 0.05) is 6.42 Å². The SMILES string of the molecule is CCCCCCCC/C=C\CCCCCCCC(=O)OP(=O)([O-])OP(=O)([O-])[O-].[Na+].[Na+].[Na+].